The Labute approximate surface area is 219 Å². The summed E-state index contributed by atoms with van der Waals surface area (Å²) in [4.78, 5) is 39.4. The van der Waals surface area contributed by atoms with Gasteiger partial charge in [0, 0.05) is 6.54 Å². The summed E-state index contributed by atoms with van der Waals surface area (Å²) in [5.41, 5.74) is 1.91. The van der Waals surface area contributed by atoms with Gasteiger partial charge in [-0.25, -0.2) is 18.1 Å². The SMILES string of the molecule is COC(=O)c1ccc(N2C(=O)CC(N(Cc3ccc4c(c3)OCO4)S(=O)(=O)c3ccc(C)cc3)C2=O)cc1. The summed E-state index contributed by atoms with van der Waals surface area (Å²) < 4.78 is 44.2. The Bertz CT molecular complexity index is 1520. The first kappa shape index (κ1) is 25.4. The molecule has 196 valence electrons. The number of methoxy groups -OCH3 is 1. The molecular formula is C27H24N2O8S. The molecule has 0 N–H and O–H groups in total. The minimum atomic E-state index is -4.20. The van der Waals surface area contributed by atoms with Gasteiger partial charge in [0.2, 0.25) is 22.7 Å². The largest absolute Gasteiger partial charge is 0.465 e. The van der Waals surface area contributed by atoms with Crippen molar-refractivity contribution in [3.8, 4) is 11.5 Å². The number of rotatable bonds is 7. The number of carbonyl (C=O) groups excluding carboxylic acids is 3. The molecule has 11 heteroatoms. The molecule has 2 aliphatic heterocycles. The Morgan fingerprint density at radius 1 is 1.00 bits per heavy atom. The topological polar surface area (TPSA) is 120 Å². The van der Waals surface area contributed by atoms with E-state index in [9.17, 15) is 22.8 Å². The minimum Gasteiger partial charge on any atom is -0.465 e. The van der Waals surface area contributed by atoms with Gasteiger partial charge in [-0.05, 0) is 61.0 Å². The Kier molecular flexibility index (Phi) is 6.64. The van der Waals surface area contributed by atoms with E-state index in [-0.39, 0.29) is 35.9 Å². The number of aryl methyl sites for hydroxylation is 1. The number of carbonyl (C=O) groups is 3. The zero-order chi connectivity index (χ0) is 27.0. The van der Waals surface area contributed by atoms with Crippen molar-refractivity contribution in [3.05, 3.63) is 83.4 Å². The molecule has 3 aromatic carbocycles. The number of sulfonamides is 1. The number of nitrogens with zero attached hydrogens (tertiary/aromatic N) is 2. The van der Waals surface area contributed by atoms with E-state index in [1.165, 1.54) is 43.5 Å². The van der Waals surface area contributed by atoms with Crippen molar-refractivity contribution >= 4 is 33.5 Å². The molecule has 10 nitrogen and oxygen atoms in total. The van der Waals surface area contributed by atoms with E-state index >= 15 is 0 Å². The molecule has 2 heterocycles. The number of anilines is 1. The monoisotopic (exact) mass is 536 g/mol. The molecule has 38 heavy (non-hydrogen) atoms. The van der Waals surface area contributed by atoms with Gasteiger partial charge in [-0.15, -0.1) is 0 Å². The van der Waals surface area contributed by atoms with Gasteiger partial charge in [0.25, 0.3) is 5.91 Å². The number of fused-ring (bicyclic) bond motifs is 1. The summed E-state index contributed by atoms with van der Waals surface area (Å²) in [5.74, 6) is -0.794. The highest BCUT2D eigenvalue weighted by Gasteiger charge is 2.47. The molecular weight excluding hydrogens is 512 g/mol. The second-order valence-electron chi connectivity index (χ2n) is 8.88. The third-order valence-corrected chi connectivity index (χ3v) is 8.29. The quantitative estimate of drug-likeness (QED) is 0.334. The standard InChI is InChI=1S/C27H24N2O8S/c1-17-3-10-21(11-4-17)38(33,34)28(15-18-5-12-23-24(13-18)37-16-36-23)22-14-25(30)29(26(22)31)20-8-6-19(7-9-20)27(32)35-2/h3-13,22H,14-16H2,1-2H3. The lowest BCUT2D eigenvalue weighted by Gasteiger charge is -2.27. The van der Waals surface area contributed by atoms with Crippen molar-refractivity contribution in [3.63, 3.8) is 0 Å². The Balaban J connectivity index is 1.51. The van der Waals surface area contributed by atoms with E-state index < -0.39 is 33.8 Å². The Morgan fingerprint density at radius 2 is 1.68 bits per heavy atom. The zero-order valence-electron chi connectivity index (χ0n) is 20.6. The molecule has 0 saturated carbocycles. The molecule has 0 bridgehead atoms. The van der Waals surface area contributed by atoms with Gasteiger partial charge in [-0.2, -0.15) is 4.31 Å². The summed E-state index contributed by atoms with van der Waals surface area (Å²) in [6.45, 7) is 1.72. The van der Waals surface area contributed by atoms with Gasteiger partial charge >= 0.3 is 5.97 Å². The molecule has 1 unspecified atom stereocenters. The first-order valence-electron chi connectivity index (χ1n) is 11.7. The van der Waals surface area contributed by atoms with E-state index in [1.807, 2.05) is 6.92 Å². The van der Waals surface area contributed by atoms with Crippen LogP contribution < -0.4 is 14.4 Å². The predicted octanol–water partition coefficient (Wildman–Crippen LogP) is 3.03. The van der Waals surface area contributed by atoms with E-state index in [0.29, 0.717) is 17.1 Å². The van der Waals surface area contributed by atoms with Crippen molar-refractivity contribution in [2.75, 3.05) is 18.8 Å². The minimum absolute atomic E-state index is 0.00460. The maximum absolute atomic E-state index is 13.9. The van der Waals surface area contributed by atoms with Crippen molar-refractivity contribution in [1.29, 1.82) is 0 Å². The second kappa shape index (κ2) is 9.92. The van der Waals surface area contributed by atoms with E-state index in [1.54, 1.807) is 30.3 Å². The van der Waals surface area contributed by atoms with Crippen molar-refractivity contribution in [2.24, 2.45) is 0 Å². The van der Waals surface area contributed by atoms with E-state index in [2.05, 4.69) is 4.74 Å². The molecule has 2 amide bonds. The van der Waals surface area contributed by atoms with Crippen LogP contribution in [0.3, 0.4) is 0 Å². The lowest BCUT2D eigenvalue weighted by atomic mass is 10.1. The summed E-state index contributed by atoms with van der Waals surface area (Å²) in [7, 11) is -2.95. The van der Waals surface area contributed by atoms with Crippen LogP contribution >= 0.6 is 0 Å². The van der Waals surface area contributed by atoms with E-state index in [4.69, 9.17) is 9.47 Å². The summed E-state index contributed by atoms with van der Waals surface area (Å²) >= 11 is 0. The first-order chi connectivity index (χ1) is 18.2. The highest BCUT2D eigenvalue weighted by atomic mass is 32.2. The highest BCUT2D eigenvalue weighted by molar-refractivity contribution is 7.89. The fraction of sp³-hybridized carbons (Fsp3) is 0.222. The summed E-state index contributed by atoms with van der Waals surface area (Å²) in [6.07, 6.45) is -0.340. The number of imide groups is 1. The Hall–Kier alpha value is -4.22. The van der Waals surface area contributed by atoms with Crippen LogP contribution in [0, 0.1) is 6.92 Å². The molecule has 2 aliphatic rings. The van der Waals surface area contributed by atoms with Crippen LogP contribution in [0.15, 0.2) is 71.6 Å². The zero-order valence-corrected chi connectivity index (χ0v) is 21.4. The highest BCUT2D eigenvalue weighted by Crippen LogP contribution is 2.35. The van der Waals surface area contributed by atoms with Crippen LogP contribution in [0.25, 0.3) is 0 Å². The van der Waals surface area contributed by atoms with Crippen LogP contribution in [0.4, 0.5) is 5.69 Å². The lowest BCUT2D eigenvalue weighted by Crippen LogP contribution is -2.45. The number of benzene rings is 3. The van der Waals surface area contributed by atoms with Gasteiger partial charge in [0.15, 0.2) is 11.5 Å². The maximum atomic E-state index is 13.9. The summed E-state index contributed by atoms with van der Waals surface area (Å²) in [6, 6.07) is 15.8. The fourth-order valence-electron chi connectivity index (χ4n) is 4.40. The molecule has 1 saturated heterocycles. The molecule has 1 fully saturated rings. The van der Waals surface area contributed by atoms with Gasteiger partial charge in [-0.1, -0.05) is 23.8 Å². The van der Waals surface area contributed by atoms with Crippen LogP contribution in [0.1, 0.15) is 27.9 Å². The van der Waals surface area contributed by atoms with Crippen LogP contribution in [0.5, 0.6) is 11.5 Å². The normalized spacial score (nSPS) is 16.8. The first-order valence-corrected chi connectivity index (χ1v) is 13.2. The lowest BCUT2D eigenvalue weighted by molar-refractivity contribution is -0.122. The molecule has 0 radical (unpaired) electrons. The molecule has 0 aromatic heterocycles. The maximum Gasteiger partial charge on any atom is 0.337 e. The molecule has 3 aromatic rings. The van der Waals surface area contributed by atoms with Crippen LogP contribution in [-0.4, -0.2) is 50.5 Å². The van der Waals surface area contributed by atoms with Crippen molar-refractivity contribution < 1.29 is 37.0 Å². The third-order valence-electron chi connectivity index (χ3n) is 6.42. The molecule has 0 aliphatic carbocycles. The molecule has 5 rings (SSSR count). The van der Waals surface area contributed by atoms with Gasteiger partial charge in [0.05, 0.1) is 29.7 Å². The number of esters is 1. The van der Waals surface area contributed by atoms with Gasteiger partial charge in [0.1, 0.15) is 6.04 Å². The van der Waals surface area contributed by atoms with Gasteiger partial charge < -0.3 is 14.2 Å². The molecule has 0 spiro atoms. The second-order valence-corrected chi connectivity index (χ2v) is 10.8. The fourth-order valence-corrected chi connectivity index (χ4v) is 5.97. The van der Waals surface area contributed by atoms with Crippen molar-refractivity contribution in [1.82, 2.24) is 4.31 Å². The van der Waals surface area contributed by atoms with Crippen molar-refractivity contribution in [2.45, 2.75) is 30.8 Å². The predicted molar refractivity (Wildman–Crippen MR) is 135 cm³/mol. The summed E-state index contributed by atoms with van der Waals surface area (Å²) in [5, 5.41) is 0. The Morgan fingerprint density at radius 3 is 2.37 bits per heavy atom. The average molecular weight is 537 g/mol. The molecule has 1 atom stereocenters. The number of ether oxygens (including phenoxy) is 3. The van der Waals surface area contributed by atoms with Crippen LogP contribution in [0.2, 0.25) is 0 Å². The van der Waals surface area contributed by atoms with E-state index in [0.717, 1.165) is 14.8 Å². The number of hydrogen-bond donors (Lipinski definition) is 0. The third kappa shape index (κ3) is 4.61. The number of hydrogen-bond acceptors (Lipinski definition) is 8. The smallest absolute Gasteiger partial charge is 0.337 e. The number of amides is 2. The van der Waals surface area contributed by atoms with Crippen LogP contribution in [-0.2, 0) is 30.9 Å². The average Bonchev–Trinajstić information content (AvgIpc) is 3.50. The van der Waals surface area contributed by atoms with Gasteiger partial charge in [-0.3, -0.25) is 9.59 Å².